The first-order chi connectivity index (χ1) is 9.49. The lowest BCUT2D eigenvalue weighted by Crippen LogP contribution is -2.45. The fourth-order valence-corrected chi connectivity index (χ4v) is 2.88. The summed E-state index contributed by atoms with van der Waals surface area (Å²) in [5.41, 5.74) is 1.65. The first-order valence-electron chi connectivity index (χ1n) is 7.30. The Hall–Kier alpha value is -1.33. The summed E-state index contributed by atoms with van der Waals surface area (Å²) in [4.78, 5) is 18.9. The number of carbonyl (C=O) groups is 1. The topological polar surface area (TPSA) is 59.6 Å². The Morgan fingerprint density at radius 1 is 1.50 bits per heavy atom. The molecule has 5 heteroatoms. The lowest BCUT2D eigenvalue weighted by atomic mass is 9.98. The largest absolute Gasteiger partial charge is 0.392 e. The van der Waals surface area contributed by atoms with Crippen LogP contribution in [0.5, 0.6) is 0 Å². The van der Waals surface area contributed by atoms with Crippen LogP contribution in [0.1, 0.15) is 42.4 Å². The molecule has 1 aromatic rings. The standard InChI is InChI=1S/C15H25N3O2/c1-11(19)14-6-4-5-9-18(14)10-12-7-8-13(16-12)15(20)17(2)3/h7-8,11,14,16,19H,4-6,9-10H2,1-3H3. The number of nitrogens with zero attached hydrogens (tertiary/aromatic N) is 2. The van der Waals surface area contributed by atoms with E-state index in [9.17, 15) is 9.90 Å². The molecule has 1 aromatic heterocycles. The van der Waals surface area contributed by atoms with Crippen LogP contribution < -0.4 is 0 Å². The van der Waals surface area contributed by atoms with E-state index in [-0.39, 0.29) is 18.1 Å². The minimum absolute atomic E-state index is 0.0121. The zero-order chi connectivity index (χ0) is 14.7. The molecule has 5 nitrogen and oxygen atoms in total. The number of aliphatic hydroxyl groups excluding tert-OH is 1. The number of aromatic nitrogens is 1. The molecule has 2 unspecified atom stereocenters. The van der Waals surface area contributed by atoms with Crippen LogP contribution in [0.3, 0.4) is 0 Å². The zero-order valence-corrected chi connectivity index (χ0v) is 12.6. The van der Waals surface area contributed by atoms with E-state index in [0.29, 0.717) is 5.69 Å². The van der Waals surface area contributed by atoms with Crippen LogP contribution in [0, 0.1) is 0 Å². The molecule has 112 valence electrons. The molecule has 1 aliphatic rings. The van der Waals surface area contributed by atoms with Crippen molar-refractivity contribution in [3.05, 3.63) is 23.5 Å². The van der Waals surface area contributed by atoms with Gasteiger partial charge >= 0.3 is 0 Å². The molecular weight excluding hydrogens is 254 g/mol. The molecule has 2 N–H and O–H groups in total. The minimum atomic E-state index is -0.312. The molecule has 0 spiro atoms. The van der Waals surface area contributed by atoms with Crippen LogP contribution in [0.25, 0.3) is 0 Å². The second kappa shape index (κ2) is 6.41. The molecular formula is C15H25N3O2. The molecule has 0 bridgehead atoms. The van der Waals surface area contributed by atoms with Gasteiger partial charge in [-0.15, -0.1) is 0 Å². The normalized spacial score (nSPS) is 21.7. The SMILES string of the molecule is CC(O)C1CCCCN1Cc1ccc(C(=O)N(C)C)[nH]1. The fourth-order valence-electron chi connectivity index (χ4n) is 2.88. The third-order valence-corrected chi connectivity index (χ3v) is 3.98. The van der Waals surface area contributed by atoms with Crippen molar-refractivity contribution < 1.29 is 9.90 Å². The molecule has 20 heavy (non-hydrogen) atoms. The summed E-state index contributed by atoms with van der Waals surface area (Å²) in [5.74, 6) is -0.0121. The maximum Gasteiger partial charge on any atom is 0.269 e. The van der Waals surface area contributed by atoms with Crippen molar-refractivity contribution in [3.8, 4) is 0 Å². The first kappa shape index (κ1) is 15.1. The van der Waals surface area contributed by atoms with Gasteiger partial charge in [-0.05, 0) is 38.4 Å². The van der Waals surface area contributed by atoms with Crippen LogP contribution in [0.2, 0.25) is 0 Å². The van der Waals surface area contributed by atoms with Crippen LogP contribution in [-0.2, 0) is 6.54 Å². The van der Waals surface area contributed by atoms with Crippen LogP contribution in [0.4, 0.5) is 0 Å². The van der Waals surface area contributed by atoms with Gasteiger partial charge in [0.05, 0.1) is 6.10 Å². The zero-order valence-electron chi connectivity index (χ0n) is 12.6. The van der Waals surface area contributed by atoms with Gasteiger partial charge in [-0.1, -0.05) is 6.42 Å². The Morgan fingerprint density at radius 3 is 2.90 bits per heavy atom. The van der Waals surface area contributed by atoms with Gasteiger partial charge in [-0.2, -0.15) is 0 Å². The van der Waals surface area contributed by atoms with Gasteiger partial charge < -0.3 is 15.0 Å². The van der Waals surface area contributed by atoms with Crippen LogP contribution >= 0.6 is 0 Å². The smallest absolute Gasteiger partial charge is 0.269 e. The number of rotatable bonds is 4. The van der Waals surface area contributed by atoms with E-state index in [2.05, 4.69) is 9.88 Å². The van der Waals surface area contributed by atoms with Gasteiger partial charge in [0.2, 0.25) is 0 Å². The quantitative estimate of drug-likeness (QED) is 0.877. The van der Waals surface area contributed by atoms with Gasteiger partial charge in [0.15, 0.2) is 0 Å². The predicted octanol–water partition coefficient (Wildman–Crippen LogP) is 1.45. The van der Waals surface area contributed by atoms with E-state index in [0.717, 1.165) is 25.2 Å². The van der Waals surface area contributed by atoms with Gasteiger partial charge in [0, 0.05) is 32.4 Å². The number of amides is 1. The molecule has 1 amide bonds. The molecule has 1 fully saturated rings. The molecule has 1 aliphatic heterocycles. The Bertz CT molecular complexity index is 454. The van der Waals surface area contributed by atoms with Crippen molar-refractivity contribution in [2.75, 3.05) is 20.6 Å². The highest BCUT2D eigenvalue weighted by atomic mass is 16.3. The van der Waals surface area contributed by atoms with Gasteiger partial charge in [0.25, 0.3) is 5.91 Å². The molecule has 2 atom stereocenters. The maximum absolute atomic E-state index is 11.9. The number of H-pyrrole nitrogens is 1. The van der Waals surface area contributed by atoms with Gasteiger partial charge in [0.1, 0.15) is 5.69 Å². The fraction of sp³-hybridized carbons (Fsp3) is 0.667. The third kappa shape index (κ3) is 3.41. The van der Waals surface area contributed by atoms with E-state index in [1.165, 1.54) is 12.8 Å². The number of piperidine rings is 1. The minimum Gasteiger partial charge on any atom is -0.392 e. The van der Waals surface area contributed by atoms with Crippen molar-refractivity contribution >= 4 is 5.91 Å². The number of nitrogens with one attached hydrogen (secondary N) is 1. The first-order valence-corrected chi connectivity index (χ1v) is 7.30. The lowest BCUT2D eigenvalue weighted by Gasteiger charge is -2.37. The molecule has 0 aromatic carbocycles. The average Bonchev–Trinajstić information content (AvgIpc) is 2.86. The van der Waals surface area contributed by atoms with Crippen LogP contribution in [-0.4, -0.2) is 58.6 Å². The summed E-state index contributed by atoms with van der Waals surface area (Å²) in [6.45, 7) is 3.63. The Labute approximate surface area is 120 Å². The Balaban J connectivity index is 2.04. The highest BCUT2D eigenvalue weighted by molar-refractivity contribution is 5.92. The Morgan fingerprint density at radius 2 is 2.25 bits per heavy atom. The Kier molecular flexibility index (Phi) is 4.83. The summed E-state index contributed by atoms with van der Waals surface area (Å²) in [5, 5.41) is 9.88. The number of hydrogen-bond donors (Lipinski definition) is 2. The van der Waals surface area contributed by atoms with E-state index < -0.39 is 0 Å². The van der Waals surface area contributed by atoms with Gasteiger partial charge in [-0.3, -0.25) is 9.69 Å². The van der Waals surface area contributed by atoms with Crippen molar-refractivity contribution in [1.29, 1.82) is 0 Å². The van der Waals surface area contributed by atoms with E-state index in [4.69, 9.17) is 0 Å². The van der Waals surface area contributed by atoms with Crippen LogP contribution in [0.15, 0.2) is 12.1 Å². The molecule has 0 radical (unpaired) electrons. The molecule has 0 aliphatic carbocycles. The number of carbonyl (C=O) groups excluding carboxylic acids is 1. The van der Waals surface area contributed by atoms with Gasteiger partial charge in [-0.25, -0.2) is 0 Å². The second-order valence-electron chi connectivity index (χ2n) is 5.87. The van der Waals surface area contributed by atoms with Crippen molar-refractivity contribution in [2.24, 2.45) is 0 Å². The summed E-state index contributed by atoms with van der Waals surface area (Å²) in [7, 11) is 3.49. The average molecular weight is 279 g/mol. The van der Waals surface area contributed by atoms with E-state index in [1.807, 2.05) is 19.1 Å². The third-order valence-electron chi connectivity index (χ3n) is 3.98. The van der Waals surface area contributed by atoms with Crippen molar-refractivity contribution in [3.63, 3.8) is 0 Å². The monoisotopic (exact) mass is 279 g/mol. The van der Waals surface area contributed by atoms with E-state index >= 15 is 0 Å². The molecule has 0 saturated carbocycles. The number of aliphatic hydroxyl groups is 1. The van der Waals surface area contributed by atoms with E-state index in [1.54, 1.807) is 19.0 Å². The predicted molar refractivity (Wildman–Crippen MR) is 78.5 cm³/mol. The summed E-state index contributed by atoms with van der Waals surface area (Å²) in [6.07, 6.45) is 3.09. The molecule has 2 rings (SSSR count). The van der Waals surface area contributed by atoms with Crippen molar-refractivity contribution in [2.45, 2.75) is 44.9 Å². The lowest BCUT2D eigenvalue weighted by molar-refractivity contribution is 0.0310. The van der Waals surface area contributed by atoms with Crippen molar-refractivity contribution in [1.82, 2.24) is 14.8 Å². The number of likely N-dealkylation sites (tertiary alicyclic amines) is 1. The molecule has 1 saturated heterocycles. The summed E-state index contributed by atoms with van der Waals surface area (Å²) >= 11 is 0. The number of hydrogen-bond acceptors (Lipinski definition) is 3. The second-order valence-corrected chi connectivity index (χ2v) is 5.87. The highest BCUT2D eigenvalue weighted by Crippen LogP contribution is 2.22. The number of aromatic amines is 1. The summed E-state index contributed by atoms with van der Waals surface area (Å²) < 4.78 is 0. The summed E-state index contributed by atoms with van der Waals surface area (Å²) in [6, 6.07) is 4.02. The molecule has 2 heterocycles. The highest BCUT2D eigenvalue weighted by Gasteiger charge is 2.26. The maximum atomic E-state index is 11.9.